The Kier molecular flexibility index (Phi) is 3.91. The summed E-state index contributed by atoms with van der Waals surface area (Å²) < 4.78 is 0. The van der Waals surface area contributed by atoms with Crippen molar-refractivity contribution >= 4 is 17.2 Å². The van der Waals surface area contributed by atoms with E-state index in [1.54, 1.807) is 23.7 Å². The van der Waals surface area contributed by atoms with E-state index in [1.165, 1.54) is 25.9 Å². The molecule has 0 aliphatic carbocycles. The zero-order valence-corrected chi connectivity index (χ0v) is 14.1. The van der Waals surface area contributed by atoms with Crippen LogP contribution in [-0.2, 0) is 0 Å². The Labute approximate surface area is 140 Å². The van der Waals surface area contributed by atoms with Gasteiger partial charge < -0.3 is 5.32 Å². The second-order valence-electron chi connectivity index (χ2n) is 6.51. The molecule has 2 aromatic rings. The van der Waals surface area contributed by atoms with Crippen LogP contribution >= 0.6 is 11.3 Å². The first-order valence-electron chi connectivity index (χ1n) is 8.27. The summed E-state index contributed by atoms with van der Waals surface area (Å²) in [5.41, 5.74) is 1.11. The topological polar surface area (TPSA) is 45.2 Å². The Morgan fingerprint density at radius 1 is 1.22 bits per heavy atom. The molecule has 0 aromatic carbocycles. The summed E-state index contributed by atoms with van der Waals surface area (Å²) >= 11 is 1.55. The lowest BCUT2D eigenvalue weighted by Gasteiger charge is -2.49. The molecule has 2 atom stereocenters. The van der Waals surface area contributed by atoms with Crippen LogP contribution in [0.3, 0.4) is 0 Å². The van der Waals surface area contributed by atoms with Gasteiger partial charge in [0.05, 0.1) is 4.88 Å². The minimum absolute atomic E-state index is 0.0703. The first kappa shape index (κ1) is 14.8. The fourth-order valence-corrected chi connectivity index (χ4v) is 4.81. The van der Waals surface area contributed by atoms with Crippen LogP contribution in [0.15, 0.2) is 36.7 Å². The number of thiophene rings is 1. The fourth-order valence-electron chi connectivity index (χ4n) is 3.90. The molecule has 0 unspecified atom stereocenters. The van der Waals surface area contributed by atoms with Crippen LogP contribution in [0.4, 0.5) is 0 Å². The molecule has 23 heavy (non-hydrogen) atoms. The number of hydrogen-bond acceptors (Lipinski definition) is 4. The largest absolute Gasteiger partial charge is 0.347 e. The number of fused-ring (bicyclic) bond motifs is 3. The van der Waals surface area contributed by atoms with E-state index >= 15 is 0 Å². The Morgan fingerprint density at radius 2 is 1.96 bits per heavy atom. The van der Waals surface area contributed by atoms with Crippen molar-refractivity contribution in [2.75, 3.05) is 13.1 Å². The molecule has 1 amide bonds. The molecule has 2 bridgehead atoms. The predicted octanol–water partition coefficient (Wildman–Crippen LogP) is 3.02. The van der Waals surface area contributed by atoms with Crippen LogP contribution < -0.4 is 5.32 Å². The lowest BCUT2D eigenvalue weighted by Crippen LogP contribution is -2.62. The fraction of sp³-hybridized carbons (Fsp3) is 0.444. The highest BCUT2D eigenvalue weighted by atomic mass is 32.1. The van der Waals surface area contributed by atoms with Gasteiger partial charge in [0.2, 0.25) is 0 Å². The average molecular weight is 327 g/mol. The molecule has 3 aliphatic heterocycles. The van der Waals surface area contributed by atoms with Crippen molar-refractivity contribution in [3.8, 4) is 10.4 Å². The summed E-state index contributed by atoms with van der Waals surface area (Å²) in [6, 6.07) is 8.64. The van der Waals surface area contributed by atoms with Crippen LogP contribution in [0.5, 0.6) is 0 Å². The lowest BCUT2D eigenvalue weighted by atomic mass is 9.79. The second-order valence-corrected chi connectivity index (χ2v) is 7.60. The molecule has 5 heterocycles. The van der Waals surface area contributed by atoms with Gasteiger partial charge in [0, 0.05) is 29.4 Å². The third kappa shape index (κ3) is 2.79. The van der Waals surface area contributed by atoms with Gasteiger partial charge in [0.1, 0.15) is 0 Å². The monoisotopic (exact) mass is 327 g/mol. The average Bonchev–Trinajstić information content (AvgIpc) is 3.09. The van der Waals surface area contributed by atoms with Crippen molar-refractivity contribution in [2.45, 2.75) is 31.8 Å². The molecule has 3 aliphatic rings. The zero-order valence-electron chi connectivity index (χ0n) is 13.2. The molecule has 120 valence electrons. The third-order valence-corrected chi connectivity index (χ3v) is 6.40. The van der Waals surface area contributed by atoms with Crippen LogP contribution in [0, 0.1) is 5.92 Å². The van der Waals surface area contributed by atoms with Crippen molar-refractivity contribution in [1.29, 1.82) is 0 Å². The molecule has 3 saturated heterocycles. The van der Waals surface area contributed by atoms with Crippen LogP contribution in [0.25, 0.3) is 10.4 Å². The number of carbonyl (C=O) groups is 1. The molecule has 0 radical (unpaired) electrons. The standard InChI is InChI=1S/C18H21N3OS/c1-12-17(14-6-10-21(12)11-7-14)20-18(22)16-3-2-15(23-16)13-4-8-19-9-5-13/h2-5,8-9,12,14,17H,6-7,10-11H2,1H3,(H,20,22)/t12-,17+/m1/s1. The minimum Gasteiger partial charge on any atom is -0.347 e. The SMILES string of the molecule is C[C@@H]1[C@H](NC(=O)c2ccc(-c3ccncc3)s2)C2CCN1CC2. The zero-order chi connectivity index (χ0) is 15.8. The molecule has 0 saturated carbocycles. The van der Waals surface area contributed by atoms with E-state index in [4.69, 9.17) is 0 Å². The number of amides is 1. The number of aromatic nitrogens is 1. The van der Waals surface area contributed by atoms with E-state index in [9.17, 15) is 4.79 Å². The molecule has 5 rings (SSSR count). The molecule has 4 nitrogen and oxygen atoms in total. The van der Waals surface area contributed by atoms with Crippen molar-refractivity contribution < 1.29 is 4.79 Å². The second kappa shape index (κ2) is 6.06. The van der Waals surface area contributed by atoms with E-state index in [0.29, 0.717) is 12.0 Å². The van der Waals surface area contributed by atoms with Gasteiger partial charge >= 0.3 is 0 Å². The van der Waals surface area contributed by atoms with Gasteiger partial charge in [-0.25, -0.2) is 0 Å². The maximum Gasteiger partial charge on any atom is 0.261 e. The smallest absolute Gasteiger partial charge is 0.261 e. The molecular weight excluding hydrogens is 306 g/mol. The van der Waals surface area contributed by atoms with Crippen molar-refractivity contribution in [2.24, 2.45) is 5.92 Å². The molecular formula is C18H21N3OS. The summed E-state index contributed by atoms with van der Waals surface area (Å²) in [6.45, 7) is 4.61. The van der Waals surface area contributed by atoms with Gasteiger partial charge in [0.15, 0.2) is 0 Å². The third-order valence-electron chi connectivity index (χ3n) is 5.27. The van der Waals surface area contributed by atoms with Gasteiger partial charge in [0.25, 0.3) is 5.91 Å². The Balaban J connectivity index is 1.49. The Hall–Kier alpha value is -1.72. The van der Waals surface area contributed by atoms with E-state index in [0.717, 1.165) is 15.3 Å². The molecule has 2 aromatic heterocycles. The lowest BCUT2D eigenvalue weighted by molar-refractivity contribution is 0.0218. The molecule has 0 spiro atoms. The summed E-state index contributed by atoms with van der Waals surface area (Å²) in [6.07, 6.45) is 5.98. The van der Waals surface area contributed by atoms with Crippen LogP contribution in [0.2, 0.25) is 0 Å². The number of hydrogen-bond donors (Lipinski definition) is 1. The summed E-state index contributed by atoms with van der Waals surface area (Å²) in [4.78, 5) is 21.1. The summed E-state index contributed by atoms with van der Waals surface area (Å²) in [5, 5.41) is 3.30. The van der Waals surface area contributed by atoms with Gasteiger partial charge in [-0.3, -0.25) is 14.7 Å². The Bertz CT molecular complexity index is 689. The number of rotatable bonds is 3. The van der Waals surface area contributed by atoms with E-state index in [-0.39, 0.29) is 11.9 Å². The molecule has 5 heteroatoms. The van der Waals surface area contributed by atoms with Crippen LogP contribution in [-0.4, -0.2) is 41.0 Å². The van der Waals surface area contributed by atoms with Crippen molar-refractivity contribution in [1.82, 2.24) is 15.2 Å². The number of nitrogens with one attached hydrogen (secondary N) is 1. The number of carbonyl (C=O) groups excluding carboxylic acids is 1. The summed E-state index contributed by atoms with van der Waals surface area (Å²) in [7, 11) is 0. The normalized spacial score (nSPS) is 29.4. The van der Waals surface area contributed by atoms with E-state index in [2.05, 4.69) is 22.1 Å². The van der Waals surface area contributed by atoms with Gasteiger partial charge in [-0.15, -0.1) is 11.3 Å². The van der Waals surface area contributed by atoms with Crippen molar-refractivity contribution in [3.63, 3.8) is 0 Å². The highest BCUT2D eigenvalue weighted by Gasteiger charge is 2.40. The first-order valence-corrected chi connectivity index (χ1v) is 9.09. The van der Waals surface area contributed by atoms with Gasteiger partial charge in [-0.1, -0.05) is 0 Å². The predicted molar refractivity (Wildman–Crippen MR) is 92.6 cm³/mol. The molecule has 1 N–H and O–H groups in total. The van der Waals surface area contributed by atoms with E-state index in [1.807, 2.05) is 24.3 Å². The Morgan fingerprint density at radius 3 is 2.65 bits per heavy atom. The quantitative estimate of drug-likeness (QED) is 0.942. The first-order chi connectivity index (χ1) is 11.2. The van der Waals surface area contributed by atoms with E-state index < -0.39 is 0 Å². The van der Waals surface area contributed by atoms with Crippen molar-refractivity contribution in [3.05, 3.63) is 41.5 Å². The summed E-state index contributed by atoms with van der Waals surface area (Å²) in [5.74, 6) is 0.708. The maximum atomic E-state index is 12.6. The van der Waals surface area contributed by atoms with Gasteiger partial charge in [-0.05, 0) is 68.6 Å². The maximum absolute atomic E-state index is 12.6. The number of piperidine rings is 3. The highest BCUT2D eigenvalue weighted by molar-refractivity contribution is 7.17. The van der Waals surface area contributed by atoms with Crippen LogP contribution in [0.1, 0.15) is 29.4 Å². The number of nitrogens with zero attached hydrogens (tertiary/aromatic N) is 2. The molecule has 3 fully saturated rings. The van der Waals surface area contributed by atoms with Gasteiger partial charge in [-0.2, -0.15) is 0 Å². The number of pyridine rings is 1. The highest BCUT2D eigenvalue weighted by Crippen LogP contribution is 2.33. The minimum atomic E-state index is 0.0703.